The average Bonchev–Trinajstić information content (AvgIpc) is 0. The monoisotopic (exact) mass is 588 g/mol. The fourth-order valence-corrected chi connectivity index (χ4v) is 0. The number of hydrogen-bond donors (Lipinski definition) is 0. The maximum atomic E-state index is 0. The Morgan fingerprint density at radius 2 is 1.20 bits per heavy atom. The van der Waals surface area contributed by atoms with Gasteiger partial charge in [0.05, 0.1) is 0 Å². The molecule has 0 saturated carbocycles. The Kier molecular flexibility index (Phi) is 137. The second-order valence-corrected chi connectivity index (χ2v) is 0. The molecular formula is H2CeLaMgNdPr. The molecule has 0 nitrogen and oxygen atoms in total. The van der Waals surface area contributed by atoms with Gasteiger partial charge in [-0.15, -0.1) is 0 Å². The molecule has 0 atom stereocenters. The van der Waals surface area contributed by atoms with Gasteiger partial charge in [0.25, 0.3) is 0 Å². The fourth-order valence-electron chi connectivity index (χ4n) is 0. The molecule has 0 bridgehead atoms. The Morgan fingerprint density at radius 1 is 1.20 bits per heavy atom. The molecule has 0 fully saturated rings. The van der Waals surface area contributed by atoms with Gasteiger partial charge in [-0.2, -0.15) is 0 Å². The number of hydrogen-bond acceptors (Lipinski definition) is 0. The molecule has 5 heteroatoms. The van der Waals surface area contributed by atoms with Crippen molar-refractivity contribution in [2.75, 3.05) is 0 Å². The van der Waals surface area contributed by atoms with Gasteiger partial charge in [-0.1, -0.05) is 0 Å². The normalized spacial score (nSPS) is 0. The van der Waals surface area contributed by atoms with Gasteiger partial charge in [0.1, 0.15) is 0 Å². The minimum atomic E-state index is 0. The van der Waals surface area contributed by atoms with E-state index in [1.165, 1.54) is 0 Å². The molecule has 0 unspecified atom stereocenters. The Balaban J connectivity index is 0. The summed E-state index contributed by atoms with van der Waals surface area (Å²) in [6.07, 6.45) is 0. The van der Waals surface area contributed by atoms with Crippen LogP contribution in [-0.4, -0.2) is 23.1 Å². The summed E-state index contributed by atoms with van der Waals surface area (Å²) in [6.45, 7) is 0. The van der Waals surface area contributed by atoms with Crippen molar-refractivity contribution in [2.24, 2.45) is 0 Å². The molecule has 0 amide bonds. The van der Waals surface area contributed by atoms with Crippen LogP contribution in [0.3, 0.4) is 0 Å². The van der Waals surface area contributed by atoms with Crippen LogP contribution in [-0.2, 0) is 0 Å². The van der Waals surface area contributed by atoms with Crippen molar-refractivity contribution in [3.8, 4) is 0 Å². The van der Waals surface area contributed by atoms with Crippen LogP contribution in [0, 0.1) is 159 Å². The molecule has 0 heterocycles. The van der Waals surface area contributed by atoms with Gasteiger partial charge in [-0.25, -0.2) is 0 Å². The maximum absolute atomic E-state index is 0. The van der Waals surface area contributed by atoms with Crippen LogP contribution >= 0.6 is 0 Å². The Bertz CT molecular complexity index is 17.7. The third-order valence-electron chi connectivity index (χ3n) is 0. The molecule has 0 aromatic carbocycles. The van der Waals surface area contributed by atoms with Gasteiger partial charge in [0.15, 0.2) is 0 Å². The first-order valence-corrected chi connectivity index (χ1v) is 0. The maximum Gasteiger partial charge on any atom is 2.00 e. The summed E-state index contributed by atoms with van der Waals surface area (Å²) in [5.41, 5.74) is 0. The Labute approximate surface area is 179 Å². The summed E-state index contributed by atoms with van der Waals surface area (Å²) >= 11 is 0. The van der Waals surface area contributed by atoms with Crippen molar-refractivity contribution < 1.29 is 162 Å². The zero-order chi connectivity index (χ0) is 0. The molecule has 0 aliphatic heterocycles. The molecular weight excluding hydrogens is 588 g/mol. The number of rotatable bonds is 0. The van der Waals surface area contributed by atoms with Gasteiger partial charge >= 0.3 is 23.1 Å². The van der Waals surface area contributed by atoms with Crippen LogP contribution < -0.4 is 0 Å². The van der Waals surface area contributed by atoms with Crippen molar-refractivity contribution in [3.05, 3.63) is 0 Å². The molecule has 0 spiro atoms. The Morgan fingerprint density at radius 3 is 1.20 bits per heavy atom. The summed E-state index contributed by atoms with van der Waals surface area (Å²) in [7, 11) is 0. The topological polar surface area (TPSA) is 0 Å². The van der Waals surface area contributed by atoms with Crippen molar-refractivity contribution in [2.45, 2.75) is 0 Å². The second kappa shape index (κ2) is 22.5. The van der Waals surface area contributed by atoms with Gasteiger partial charge in [-0.3, -0.25) is 0 Å². The summed E-state index contributed by atoms with van der Waals surface area (Å²) in [5.74, 6) is 0. The van der Waals surface area contributed by atoms with E-state index in [2.05, 4.69) is 0 Å². The van der Waals surface area contributed by atoms with Gasteiger partial charge < -0.3 is 2.85 Å². The van der Waals surface area contributed by atoms with E-state index in [0.29, 0.717) is 0 Å². The second-order valence-electron chi connectivity index (χ2n) is 0. The predicted octanol–water partition coefficient (Wildman–Crippen LogP) is -0.156. The van der Waals surface area contributed by atoms with E-state index in [-0.39, 0.29) is 185 Å². The van der Waals surface area contributed by atoms with Crippen molar-refractivity contribution in [3.63, 3.8) is 0 Å². The first-order chi connectivity index (χ1) is 0. The SMILES string of the molecule is [Ce].[H-].[H-].[La].[Mg+2].[Nd].[Pr]. The van der Waals surface area contributed by atoms with Crippen LogP contribution in [0.15, 0.2) is 0 Å². The molecule has 0 saturated heterocycles. The van der Waals surface area contributed by atoms with Crippen LogP contribution in [0.2, 0.25) is 0 Å². The first-order valence-electron chi connectivity index (χ1n) is 0. The zero-order valence-corrected chi connectivity index (χ0v) is 18.0. The molecule has 2 radical (unpaired) electrons. The van der Waals surface area contributed by atoms with E-state index >= 15 is 0 Å². The zero-order valence-electron chi connectivity index (χ0n) is 4.86. The van der Waals surface area contributed by atoms with Crippen molar-refractivity contribution >= 4 is 23.1 Å². The van der Waals surface area contributed by atoms with Crippen LogP contribution in [0.1, 0.15) is 2.85 Å². The molecule has 0 aromatic heterocycles. The smallest absolute Gasteiger partial charge is 1.00 e. The van der Waals surface area contributed by atoms with E-state index in [1.807, 2.05) is 0 Å². The largest absolute Gasteiger partial charge is 2.00 e. The standard InChI is InChI=1S/Ce.La.Mg.Nd.Pr.2H/q;;+2;;;2*-1. The van der Waals surface area contributed by atoms with Crippen molar-refractivity contribution in [1.29, 1.82) is 0 Å². The molecule has 5 heavy (non-hydrogen) atoms. The summed E-state index contributed by atoms with van der Waals surface area (Å²) < 4.78 is 0. The third kappa shape index (κ3) is 17.8. The van der Waals surface area contributed by atoms with E-state index in [4.69, 9.17) is 0 Å². The molecule has 0 rings (SSSR count). The third-order valence-corrected chi connectivity index (χ3v) is 0. The fraction of sp³-hybridized carbons (Fsp3) is 0. The minimum absolute atomic E-state index is 0. The van der Waals surface area contributed by atoms with E-state index in [0.717, 1.165) is 0 Å². The average molecular weight is 590 g/mol. The summed E-state index contributed by atoms with van der Waals surface area (Å²) in [6, 6.07) is 0. The summed E-state index contributed by atoms with van der Waals surface area (Å²) in [4.78, 5) is 0. The Hall–Kier alpha value is 6.05. The quantitative estimate of drug-likeness (QED) is 0.345. The van der Waals surface area contributed by atoms with Gasteiger partial charge in [-0.05, 0) is 0 Å². The van der Waals surface area contributed by atoms with Crippen LogP contribution in [0.25, 0.3) is 0 Å². The first kappa shape index (κ1) is 30.5. The van der Waals surface area contributed by atoms with E-state index < -0.39 is 0 Å². The molecule has 0 N–H and O–H groups in total. The van der Waals surface area contributed by atoms with Crippen LogP contribution in [0.4, 0.5) is 0 Å². The predicted molar refractivity (Wildman–Crippen MR) is 7.98 cm³/mol. The summed E-state index contributed by atoms with van der Waals surface area (Å²) in [5, 5.41) is 0. The van der Waals surface area contributed by atoms with Crippen molar-refractivity contribution in [1.82, 2.24) is 0 Å². The van der Waals surface area contributed by atoms with E-state index in [1.54, 1.807) is 0 Å². The van der Waals surface area contributed by atoms with Crippen LogP contribution in [0.5, 0.6) is 0 Å². The van der Waals surface area contributed by atoms with Gasteiger partial charge in [0.2, 0.25) is 0 Å². The molecule has 18 valence electrons. The van der Waals surface area contributed by atoms with E-state index in [9.17, 15) is 0 Å². The minimum Gasteiger partial charge on any atom is -1.00 e. The molecule has 0 aliphatic rings. The van der Waals surface area contributed by atoms with Gasteiger partial charge in [0, 0.05) is 159 Å². The molecule has 0 aromatic rings. The molecule has 0 aliphatic carbocycles.